The van der Waals surface area contributed by atoms with Gasteiger partial charge in [-0.05, 0) is 68.8 Å². The lowest BCUT2D eigenvalue weighted by molar-refractivity contribution is -0.121. The van der Waals surface area contributed by atoms with Crippen molar-refractivity contribution < 1.29 is 14.7 Å². The van der Waals surface area contributed by atoms with Gasteiger partial charge in [0.25, 0.3) is 0 Å². The van der Waals surface area contributed by atoms with E-state index in [-0.39, 0.29) is 30.0 Å². The Morgan fingerprint density at radius 3 is 2.50 bits per heavy atom. The maximum atomic E-state index is 12.4. The summed E-state index contributed by atoms with van der Waals surface area (Å²) in [7, 11) is 0. The first kappa shape index (κ1) is 20.2. The molecule has 3 N–H and O–H groups in total. The van der Waals surface area contributed by atoms with Gasteiger partial charge in [0.1, 0.15) is 5.75 Å². The fourth-order valence-electron chi connectivity index (χ4n) is 3.33. The minimum absolute atomic E-state index is 0.0578. The molecule has 0 atom stereocenters. The molecule has 28 heavy (non-hydrogen) atoms. The number of piperidine rings is 1. The van der Waals surface area contributed by atoms with Gasteiger partial charge in [0.15, 0.2) is 0 Å². The highest BCUT2D eigenvalue weighted by atomic mass is 35.5. The molecular weight excluding hydrogens is 378 g/mol. The van der Waals surface area contributed by atoms with E-state index in [2.05, 4.69) is 10.6 Å². The van der Waals surface area contributed by atoms with Crippen molar-refractivity contribution in [3.8, 4) is 5.75 Å². The molecule has 0 radical (unpaired) electrons. The Balaban J connectivity index is 1.46. The van der Waals surface area contributed by atoms with Crippen LogP contribution in [0.5, 0.6) is 5.75 Å². The Morgan fingerprint density at radius 1 is 1.11 bits per heavy atom. The first-order chi connectivity index (χ1) is 13.4. The number of hydrogen-bond acceptors (Lipinski definition) is 4. The van der Waals surface area contributed by atoms with E-state index >= 15 is 0 Å². The molecule has 2 amide bonds. The van der Waals surface area contributed by atoms with Crippen LogP contribution < -0.4 is 10.6 Å². The summed E-state index contributed by atoms with van der Waals surface area (Å²) < 4.78 is 0. The topological polar surface area (TPSA) is 81.7 Å². The predicted octanol–water partition coefficient (Wildman–Crippen LogP) is 3.64. The molecule has 0 unspecified atom stereocenters. The number of anilines is 2. The summed E-state index contributed by atoms with van der Waals surface area (Å²) in [4.78, 5) is 26.8. The molecule has 7 heteroatoms. The third-order valence-electron chi connectivity index (χ3n) is 4.95. The van der Waals surface area contributed by atoms with Gasteiger partial charge in [-0.2, -0.15) is 0 Å². The fraction of sp³-hybridized carbons (Fsp3) is 0.333. The van der Waals surface area contributed by atoms with Crippen LogP contribution in [0.15, 0.2) is 42.5 Å². The molecule has 0 spiro atoms. The van der Waals surface area contributed by atoms with E-state index in [1.165, 1.54) is 0 Å². The Kier molecular flexibility index (Phi) is 6.54. The number of nitrogens with zero attached hydrogens (tertiary/aromatic N) is 1. The number of likely N-dealkylation sites (tertiary alicyclic amines) is 1. The number of phenolic OH excluding ortho intramolecular Hbond substituents is 1. The van der Waals surface area contributed by atoms with Crippen molar-refractivity contribution in [2.45, 2.75) is 19.8 Å². The number of aromatic hydroxyl groups is 1. The number of rotatable bonds is 5. The summed E-state index contributed by atoms with van der Waals surface area (Å²) in [6.07, 6.45) is 1.35. The second-order valence-electron chi connectivity index (χ2n) is 7.06. The van der Waals surface area contributed by atoms with Crippen LogP contribution in [0.1, 0.15) is 18.4 Å². The van der Waals surface area contributed by atoms with Crippen LogP contribution in [-0.4, -0.2) is 41.5 Å². The number of hydrogen-bond donors (Lipinski definition) is 3. The summed E-state index contributed by atoms with van der Waals surface area (Å²) in [6, 6.07) is 12.0. The minimum Gasteiger partial charge on any atom is -0.506 e. The number of nitrogens with one attached hydrogen (secondary N) is 2. The molecule has 1 aliphatic rings. The van der Waals surface area contributed by atoms with E-state index in [9.17, 15) is 14.7 Å². The number of aryl methyl sites for hydroxylation is 1. The Morgan fingerprint density at radius 2 is 1.82 bits per heavy atom. The Labute approximate surface area is 169 Å². The van der Waals surface area contributed by atoms with Gasteiger partial charge in [0.05, 0.1) is 12.2 Å². The number of benzene rings is 2. The molecule has 2 aromatic rings. The van der Waals surface area contributed by atoms with Crippen LogP contribution >= 0.6 is 11.6 Å². The highest BCUT2D eigenvalue weighted by molar-refractivity contribution is 6.30. The lowest BCUT2D eigenvalue weighted by Gasteiger charge is -2.30. The highest BCUT2D eigenvalue weighted by Crippen LogP contribution is 2.25. The van der Waals surface area contributed by atoms with E-state index in [0.29, 0.717) is 36.6 Å². The van der Waals surface area contributed by atoms with Crippen molar-refractivity contribution in [1.82, 2.24) is 4.90 Å². The molecule has 148 valence electrons. The third-order valence-corrected chi connectivity index (χ3v) is 5.19. The summed E-state index contributed by atoms with van der Waals surface area (Å²) >= 11 is 5.94. The lowest BCUT2D eigenvalue weighted by atomic mass is 9.95. The van der Waals surface area contributed by atoms with Gasteiger partial charge in [-0.1, -0.05) is 23.7 Å². The first-order valence-corrected chi connectivity index (χ1v) is 9.67. The molecule has 6 nitrogen and oxygen atoms in total. The molecule has 1 saturated heterocycles. The molecule has 1 heterocycles. The van der Waals surface area contributed by atoms with Gasteiger partial charge in [-0.25, -0.2) is 0 Å². The van der Waals surface area contributed by atoms with Crippen molar-refractivity contribution in [2.75, 3.05) is 30.3 Å². The highest BCUT2D eigenvalue weighted by Gasteiger charge is 2.26. The molecule has 2 aromatic carbocycles. The van der Waals surface area contributed by atoms with Gasteiger partial charge in [-0.3, -0.25) is 14.5 Å². The zero-order valence-corrected chi connectivity index (χ0v) is 16.5. The smallest absolute Gasteiger partial charge is 0.238 e. The van der Waals surface area contributed by atoms with Crippen LogP contribution in [0.3, 0.4) is 0 Å². The molecule has 1 aliphatic heterocycles. The van der Waals surface area contributed by atoms with Gasteiger partial charge in [-0.15, -0.1) is 0 Å². The predicted molar refractivity (Wildman–Crippen MR) is 111 cm³/mol. The number of halogens is 1. The summed E-state index contributed by atoms with van der Waals surface area (Å²) in [5.41, 5.74) is 2.10. The number of amides is 2. The Bertz CT molecular complexity index is 864. The maximum Gasteiger partial charge on any atom is 0.238 e. The van der Waals surface area contributed by atoms with E-state index in [1.54, 1.807) is 36.4 Å². The van der Waals surface area contributed by atoms with Crippen LogP contribution in [0.25, 0.3) is 0 Å². The monoisotopic (exact) mass is 401 g/mol. The number of carbonyl (C=O) groups excluding carboxylic acids is 2. The Hall–Kier alpha value is -2.57. The molecule has 0 bridgehead atoms. The van der Waals surface area contributed by atoms with Crippen LogP contribution in [-0.2, 0) is 9.59 Å². The number of carbonyl (C=O) groups is 2. The van der Waals surface area contributed by atoms with Crippen LogP contribution in [0, 0.1) is 12.8 Å². The van der Waals surface area contributed by atoms with Gasteiger partial charge < -0.3 is 15.7 Å². The van der Waals surface area contributed by atoms with E-state index in [1.807, 2.05) is 17.9 Å². The van der Waals surface area contributed by atoms with Gasteiger partial charge in [0.2, 0.25) is 11.8 Å². The molecule has 1 fully saturated rings. The molecular formula is C21H24ClN3O3. The second-order valence-corrected chi connectivity index (χ2v) is 7.50. The quantitative estimate of drug-likeness (QED) is 0.668. The van der Waals surface area contributed by atoms with Crippen molar-refractivity contribution >= 4 is 34.8 Å². The molecule has 0 saturated carbocycles. The number of phenols is 1. The zero-order chi connectivity index (χ0) is 20.1. The van der Waals surface area contributed by atoms with Crippen molar-refractivity contribution in [1.29, 1.82) is 0 Å². The summed E-state index contributed by atoms with van der Waals surface area (Å²) in [5.74, 6) is -0.246. The average Bonchev–Trinajstić information content (AvgIpc) is 2.66. The van der Waals surface area contributed by atoms with Crippen molar-refractivity contribution in [3.63, 3.8) is 0 Å². The zero-order valence-electron chi connectivity index (χ0n) is 15.7. The number of para-hydroxylation sites is 2. The lowest BCUT2D eigenvalue weighted by Crippen LogP contribution is -2.41. The van der Waals surface area contributed by atoms with Crippen molar-refractivity contribution in [2.24, 2.45) is 5.92 Å². The standard InChI is InChI=1S/C21H24ClN3O3/c1-14-12-16(22)6-7-17(14)23-20(27)13-25-10-8-15(9-11-25)21(28)24-18-4-2-3-5-19(18)26/h2-7,12,15,26H,8-11,13H2,1H3,(H,23,27)(H,24,28). The molecule has 0 aromatic heterocycles. The van der Waals surface area contributed by atoms with Gasteiger partial charge >= 0.3 is 0 Å². The fourth-order valence-corrected chi connectivity index (χ4v) is 3.55. The van der Waals surface area contributed by atoms with Crippen LogP contribution in [0.2, 0.25) is 5.02 Å². The maximum absolute atomic E-state index is 12.4. The van der Waals surface area contributed by atoms with Gasteiger partial charge in [0, 0.05) is 16.6 Å². The molecule has 3 rings (SSSR count). The van der Waals surface area contributed by atoms with E-state index < -0.39 is 0 Å². The normalized spacial score (nSPS) is 15.2. The second kappa shape index (κ2) is 9.08. The summed E-state index contributed by atoms with van der Waals surface area (Å²) in [5, 5.41) is 16.1. The SMILES string of the molecule is Cc1cc(Cl)ccc1NC(=O)CN1CCC(C(=O)Nc2ccccc2O)CC1. The third kappa shape index (κ3) is 5.24. The minimum atomic E-state index is -0.127. The van der Waals surface area contributed by atoms with E-state index in [4.69, 9.17) is 11.6 Å². The largest absolute Gasteiger partial charge is 0.506 e. The first-order valence-electron chi connectivity index (χ1n) is 9.29. The van der Waals surface area contributed by atoms with E-state index in [0.717, 1.165) is 11.3 Å². The summed E-state index contributed by atoms with van der Waals surface area (Å²) in [6.45, 7) is 3.53. The average molecular weight is 402 g/mol. The molecule has 0 aliphatic carbocycles. The van der Waals surface area contributed by atoms with Crippen molar-refractivity contribution in [3.05, 3.63) is 53.1 Å². The van der Waals surface area contributed by atoms with Crippen LogP contribution in [0.4, 0.5) is 11.4 Å².